The van der Waals surface area contributed by atoms with Crippen LogP contribution in [0.15, 0.2) is 0 Å². The van der Waals surface area contributed by atoms with E-state index in [-0.39, 0.29) is 24.1 Å². The van der Waals surface area contributed by atoms with Gasteiger partial charge in [-0.2, -0.15) is 5.10 Å². The summed E-state index contributed by atoms with van der Waals surface area (Å²) in [5.74, 6) is -0.512. The van der Waals surface area contributed by atoms with Crippen molar-refractivity contribution in [3.63, 3.8) is 0 Å². The van der Waals surface area contributed by atoms with Crippen LogP contribution in [-0.2, 0) is 4.79 Å². The molecule has 2 amide bonds. The molecule has 7 nitrogen and oxygen atoms in total. The molecule has 1 fully saturated rings. The van der Waals surface area contributed by atoms with Crippen molar-refractivity contribution in [2.24, 2.45) is 0 Å². The van der Waals surface area contributed by atoms with E-state index in [0.717, 1.165) is 12.8 Å². The van der Waals surface area contributed by atoms with Gasteiger partial charge in [-0.25, -0.2) is 0 Å². The highest BCUT2D eigenvalue weighted by molar-refractivity contribution is 5.99. The zero-order valence-corrected chi connectivity index (χ0v) is 10.5. The molecule has 1 aliphatic carbocycles. The highest BCUT2D eigenvalue weighted by Gasteiger charge is 2.25. The van der Waals surface area contributed by atoms with Crippen LogP contribution in [0.25, 0.3) is 0 Å². The summed E-state index contributed by atoms with van der Waals surface area (Å²) in [5, 5.41) is 9.31. The Morgan fingerprint density at radius 1 is 1.56 bits per heavy atom. The summed E-state index contributed by atoms with van der Waals surface area (Å²) in [6, 6.07) is 0.290. The lowest BCUT2D eigenvalue weighted by molar-refractivity contribution is -0.121. The number of aromatic nitrogens is 2. The molecule has 0 radical (unpaired) electrons. The van der Waals surface area contributed by atoms with Gasteiger partial charge in [-0.3, -0.25) is 14.7 Å². The van der Waals surface area contributed by atoms with E-state index in [2.05, 4.69) is 15.5 Å². The molecular weight excluding hydrogens is 234 g/mol. The Bertz CT molecular complexity index is 478. The number of nitrogens with one attached hydrogen (secondary N) is 2. The van der Waals surface area contributed by atoms with Gasteiger partial charge in [-0.15, -0.1) is 0 Å². The van der Waals surface area contributed by atoms with Crippen molar-refractivity contribution in [3.05, 3.63) is 11.4 Å². The highest BCUT2D eigenvalue weighted by Crippen LogP contribution is 2.18. The molecule has 18 heavy (non-hydrogen) atoms. The number of aryl methyl sites for hydroxylation is 1. The molecular formula is C11H17N5O2. The number of anilines is 1. The molecule has 1 aromatic heterocycles. The quantitative estimate of drug-likeness (QED) is 0.680. The Morgan fingerprint density at radius 3 is 2.72 bits per heavy atom. The van der Waals surface area contributed by atoms with E-state index in [1.165, 1.54) is 4.90 Å². The number of nitrogens with zero attached hydrogens (tertiary/aromatic N) is 2. The average Bonchev–Trinajstić information content (AvgIpc) is 3.05. The number of hydrogen-bond donors (Lipinski definition) is 3. The van der Waals surface area contributed by atoms with Crippen molar-refractivity contribution in [2.75, 3.05) is 19.3 Å². The summed E-state index contributed by atoms with van der Waals surface area (Å²) < 4.78 is 0. The van der Waals surface area contributed by atoms with Gasteiger partial charge in [0.25, 0.3) is 5.91 Å². The van der Waals surface area contributed by atoms with E-state index in [1.807, 2.05) is 0 Å². The van der Waals surface area contributed by atoms with Gasteiger partial charge in [0.15, 0.2) is 5.69 Å². The molecule has 1 aliphatic rings. The molecule has 0 atom stereocenters. The Kier molecular flexibility index (Phi) is 3.22. The summed E-state index contributed by atoms with van der Waals surface area (Å²) in [4.78, 5) is 24.9. The SMILES string of the molecule is Cc1[nH]nc(C(=O)N(C)CC(=O)NC2CC2)c1N. The number of carbonyl (C=O) groups excluding carboxylic acids is 2. The number of nitrogen functional groups attached to an aromatic ring is 1. The molecule has 0 spiro atoms. The first-order valence-electron chi connectivity index (χ1n) is 5.84. The van der Waals surface area contributed by atoms with Crippen LogP contribution in [-0.4, -0.2) is 46.5 Å². The highest BCUT2D eigenvalue weighted by atomic mass is 16.2. The Hall–Kier alpha value is -2.05. The number of amides is 2. The standard InChI is InChI=1S/C11H17N5O2/c1-6-9(12)10(15-14-6)11(18)16(2)5-8(17)13-7-3-4-7/h7H,3-5,12H2,1-2H3,(H,13,17)(H,14,15). The van der Waals surface area contributed by atoms with Gasteiger partial charge in [0.1, 0.15) is 0 Å². The third-order valence-electron chi connectivity index (χ3n) is 2.87. The Labute approximate surface area is 105 Å². The summed E-state index contributed by atoms with van der Waals surface area (Å²) in [6.45, 7) is 1.75. The van der Waals surface area contributed by atoms with E-state index in [0.29, 0.717) is 17.4 Å². The first-order valence-corrected chi connectivity index (χ1v) is 5.84. The molecule has 2 rings (SSSR count). The molecule has 1 saturated carbocycles. The van der Waals surface area contributed by atoms with Crippen molar-refractivity contribution in [1.82, 2.24) is 20.4 Å². The first kappa shape index (κ1) is 12.4. The largest absolute Gasteiger partial charge is 0.395 e. The lowest BCUT2D eigenvalue weighted by Gasteiger charge is -2.15. The number of rotatable bonds is 4. The maximum Gasteiger partial charge on any atom is 0.276 e. The molecule has 0 aliphatic heterocycles. The van der Waals surface area contributed by atoms with Crippen LogP contribution in [0.2, 0.25) is 0 Å². The second kappa shape index (κ2) is 4.67. The third-order valence-corrected chi connectivity index (χ3v) is 2.87. The van der Waals surface area contributed by atoms with Crippen molar-refractivity contribution >= 4 is 17.5 Å². The summed E-state index contributed by atoms with van der Waals surface area (Å²) in [6.07, 6.45) is 2.05. The molecule has 0 aromatic carbocycles. The predicted molar refractivity (Wildman–Crippen MR) is 65.9 cm³/mol. The second-order valence-corrected chi connectivity index (χ2v) is 4.61. The van der Waals surface area contributed by atoms with Crippen LogP contribution in [0.5, 0.6) is 0 Å². The zero-order chi connectivity index (χ0) is 13.3. The number of H-pyrrole nitrogens is 1. The lowest BCUT2D eigenvalue weighted by atomic mass is 10.3. The number of aromatic amines is 1. The van der Waals surface area contributed by atoms with E-state index >= 15 is 0 Å². The van der Waals surface area contributed by atoms with Crippen LogP contribution < -0.4 is 11.1 Å². The fourth-order valence-corrected chi connectivity index (χ4v) is 1.57. The molecule has 98 valence electrons. The molecule has 7 heteroatoms. The van der Waals surface area contributed by atoms with Crippen molar-refractivity contribution in [2.45, 2.75) is 25.8 Å². The smallest absolute Gasteiger partial charge is 0.276 e. The Morgan fingerprint density at radius 2 is 2.22 bits per heavy atom. The average molecular weight is 251 g/mol. The second-order valence-electron chi connectivity index (χ2n) is 4.61. The van der Waals surface area contributed by atoms with Crippen LogP contribution in [0, 0.1) is 6.92 Å². The van der Waals surface area contributed by atoms with Gasteiger partial charge < -0.3 is 16.0 Å². The number of likely N-dealkylation sites (N-methyl/N-ethyl adjacent to an activating group) is 1. The fourth-order valence-electron chi connectivity index (χ4n) is 1.57. The van der Waals surface area contributed by atoms with Gasteiger partial charge in [-0.1, -0.05) is 0 Å². The maximum atomic E-state index is 12.0. The lowest BCUT2D eigenvalue weighted by Crippen LogP contribution is -2.39. The molecule has 0 unspecified atom stereocenters. The monoisotopic (exact) mass is 251 g/mol. The normalized spacial score (nSPS) is 14.3. The minimum atomic E-state index is -0.359. The minimum absolute atomic E-state index is 0.0146. The van der Waals surface area contributed by atoms with Crippen molar-refractivity contribution in [1.29, 1.82) is 0 Å². The number of carbonyl (C=O) groups is 2. The van der Waals surface area contributed by atoms with Crippen molar-refractivity contribution < 1.29 is 9.59 Å². The molecule has 1 heterocycles. The van der Waals surface area contributed by atoms with Gasteiger partial charge in [-0.05, 0) is 19.8 Å². The summed E-state index contributed by atoms with van der Waals surface area (Å²) >= 11 is 0. The van der Waals surface area contributed by atoms with E-state index in [4.69, 9.17) is 5.73 Å². The van der Waals surface area contributed by atoms with E-state index in [1.54, 1.807) is 14.0 Å². The summed E-state index contributed by atoms with van der Waals surface area (Å²) in [7, 11) is 1.55. The minimum Gasteiger partial charge on any atom is -0.395 e. The van der Waals surface area contributed by atoms with Crippen LogP contribution >= 0.6 is 0 Å². The summed E-state index contributed by atoms with van der Waals surface area (Å²) in [5.41, 5.74) is 6.86. The van der Waals surface area contributed by atoms with Gasteiger partial charge in [0, 0.05) is 13.1 Å². The van der Waals surface area contributed by atoms with Gasteiger partial charge in [0.05, 0.1) is 17.9 Å². The van der Waals surface area contributed by atoms with Gasteiger partial charge >= 0.3 is 0 Å². The van der Waals surface area contributed by atoms with E-state index < -0.39 is 0 Å². The Balaban J connectivity index is 1.95. The topological polar surface area (TPSA) is 104 Å². The fraction of sp³-hybridized carbons (Fsp3) is 0.545. The third kappa shape index (κ3) is 2.61. The predicted octanol–water partition coefficient (Wildman–Crippen LogP) is -0.349. The number of hydrogen-bond acceptors (Lipinski definition) is 4. The van der Waals surface area contributed by atoms with Crippen LogP contribution in [0.1, 0.15) is 29.0 Å². The zero-order valence-electron chi connectivity index (χ0n) is 10.5. The first-order chi connectivity index (χ1) is 8.49. The van der Waals surface area contributed by atoms with Gasteiger partial charge in [0.2, 0.25) is 5.91 Å². The maximum absolute atomic E-state index is 12.0. The molecule has 1 aromatic rings. The molecule has 4 N–H and O–H groups in total. The molecule has 0 bridgehead atoms. The molecule has 0 saturated heterocycles. The van der Waals surface area contributed by atoms with Crippen LogP contribution in [0.4, 0.5) is 5.69 Å². The van der Waals surface area contributed by atoms with Crippen LogP contribution in [0.3, 0.4) is 0 Å². The number of nitrogens with two attached hydrogens (primary N) is 1. The van der Waals surface area contributed by atoms with E-state index in [9.17, 15) is 9.59 Å². The van der Waals surface area contributed by atoms with Crippen molar-refractivity contribution in [3.8, 4) is 0 Å².